The highest BCUT2D eigenvalue weighted by Crippen LogP contribution is 2.33. The number of rotatable bonds is 4. The molecule has 16 heavy (non-hydrogen) atoms. The van der Waals surface area contributed by atoms with Crippen LogP contribution in [0.1, 0.15) is 29.9 Å². The van der Waals surface area contributed by atoms with Crippen LogP contribution in [0.2, 0.25) is 4.34 Å². The SMILES string of the molecule is CCC(C)NC(=O)c1cc([N+](=O)[O-])c(Cl)s1. The van der Waals surface area contributed by atoms with Gasteiger partial charge in [0, 0.05) is 12.1 Å². The van der Waals surface area contributed by atoms with Crippen molar-refractivity contribution in [3.63, 3.8) is 0 Å². The molecule has 1 atom stereocenters. The summed E-state index contributed by atoms with van der Waals surface area (Å²) >= 11 is 6.57. The summed E-state index contributed by atoms with van der Waals surface area (Å²) in [6, 6.07) is 1.23. The highest BCUT2D eigenvalue weighted by atomic mass is 35.5. The first-order valence-corrected chi connectivity index (χ1v) is 5.89. The molecule has 1 heterocycles. The number of carbonyl (C=O) groups excluding carboxylic acids is 1. The molecule has 5 nitrogen and oxygen atoms in total. The molecular formula is C9H11ClN2O3S. The van der Waals surface area contributed by atoms with Crippen LogP contribution in [0.5, 0.6) is 0 Å². The quantitative estimate of drug-likeness (QED) is 0.670. The van der Waals surface area contributed by atoms with Gasteiger partial charge in [-0.15, -0.1) is 11.3 Å². The Morgan fingerprint density at radius 3 is 2.81 bits per heavy atom. The van der Waals surface area contributed by atoms with Gasteiger partial charge in [0.05, 0.1) is 4.92 Å². The maximum absolute atomic E-state index is 11.6. The number of hydrogen-bond donors (Lipinski definition) is 1. The van der Waals surface area contributed by atoms with Crippen LogP contribution in [-0.4, -0.2) is 16.9 Å². The number of carbonyl (C=O) groups is 1. The fourth-order valence-corrected chi connectivity index (χ4v) is 2.12. The van der Waals surface area contributed by atoms with Gasteiger partial charge in [0.25, 0.3) is 11.6 Å². The predicted octanol–water partition coefficient (Wildman–Crippen LogP) is 2.84. The largest absolute Gasteiger partial charge is 0.349 e. The minimum Gasteiger partial charge on any atom is -0.349 e. The summed E-state index contributed by atoms with van der Waals surface area (Å²) in [6.07, 6.45) is 0.799. The van der Waals surface area contributed by atoms with Crippen molar-refractivity contribution in [3.8, 4) is 0 Å². The molecular weight excluding hydrogens is 252 g/mol. The Morgan fingerprint density at radius 1 is 1.75 bits per heavy atom. The van der Waals surface area contributed by atoms with Crippen molar-refractivity contribution in [1.29, 1.82) is 0 Å². The second-order valence-electron chi connectivity index (χ2n) is 3.31. The van der Waals surface area contributed by atoms with E-state index < -0.39 is 4.92 Å². The summed E-state index contributed by atoms with van der Waals surface area (Å²) in [5.41, 5.74) is -0.221. The van der Waals surface area contributed by atoms with Crippen LogP contribution in [0.3, 0.4) is 0 Å². The molecule has 0 aliphatic carbocycles. The van der Waals surface area contributed by atoms with Crippen molar-refractivity contribution in [1.82, 2.24) is 5.32 Å². The molecule has 0 aliphatic heterocycles. The summed E-state index contributed by atoms with van der Waals surface area (Å²) in [5.74, 6) is -0.325. The van der Waals surface area contributed by atoms with Crippen LogP contribution in [0.25, 0.3) is 0 Å². The third kappa shape index (κ3) is 2.93. The number of thiophene rings is 1. The normalized spacial score (nSPS) is 12.2. The molecule has 0 saturated heterocycles. The summed E-state index contributed by atoms with van der Waals surface area (Å²) in [6.45, 7) is 3.80. The molecule has 0 bridgehead atoms. The van der Waals surface area contributed by atoms with Crippen molar-refractivity contribution >= 4 is 34.5 Å². The van der Waals surface area contributed by atoms with Crippen molar-refractivity contribution in [3.05, 3.63) is 25.4 Å². The number of amides is 1. The Balaban J connectivity index is 2.85. The minimum atomic E-state index is -0.598. The lowest BCUT2D eigenvalue weighted by molar-refractivity contribution is -0.384. The second kappa shape index (κ2) is 5.27. The van der Waals surface area contributed by atoms with E-state index in [4.69, 9.17) is 11.6 Å². The van der Waals surface area contributed by atoms with Crippen LogP contribution in [0, 0.1) is 10.1 Å². The van der Waals surface area contributed by atoms with Gasteiger partial charge in [-0.2, -0.15) is 0 Å². The van der Waals surface area contributed by atoms with Gasteiger partial charge < -0.3 is 5.32 Å². The maximum Gasteiger partial charge on any atom is 0.299 e. The fraction of sp³-hybridized carbons (Fsp3) is 0.444. The van der Waals surface area contributed by atoms with Crippen LogP contribution in [0.4, 0.5) is 5.69 Å². The lowest BCUT2D eigenvalue weighted by Gasteiger charge is -2.09. The van der Waals surface area contributed by atoms with E-state index >= 15 is 0 Å². The van der Waals surface area contributed by atoms with Crippen LogP contribution < -0.4 is 5.32 Å². The molecule has 0 saturated carbocycles. The zero-order chi connectivity index (χ0) is 12.3. The number of nitro groups is 1. The Bertz CT molecular complexity index is 419. The molecule has 1 aromatic heterocycles. The molecule has 0 aliphatic rings. The van der Waals surface area contributed by atoms with E-state index in [-0.39, 0.29) is 26.8 Å². The van der Waals surface area contributed by atoms with Gasteiger partial charge in [-0.1, -0.05) is 18.5 Å². The average Bonchev–Trinajstić information content (AvgIpc) is 2.60. The molecule has 1 rings (SSSR count). The van der Waals surface area contributed by atoms with Gasteiger partial charge >= 0.3 is 0 Å². The Labute approximate surface area is 102 Å². The molecule has 0 fully saturated rings. The van der Waals surface area contributed by atoms with E-state index in [2.05, 4.69) is 5.32 Å². The molecule has 0 radical (unpaired) electrons. The summed E-state index contributed by atoms with van der Waals surface area (Å²) < 4.78 is 0.0271. The lowest BCUT2D eigenvalue weighted by Crippen LogP contribution is -2.31. The molecule has 0 aromatic carbocycles. The van der Waals surface area contributed by atoms with E-state index in [0.29, 0.717) is 0 Å². The monoisotopic (exact) mass is 262 g/mol. The first-order valence-electron chi connectivity index (χ1n) is 4.70. The zero-order valence-corrected chi connectivity index (χ0v) is 10.4. The van der Waals surface area contributed by atoms with Gasteiger partial charge in [0.2, 0.25) is 0 Å². The van der Waals surface area contributed by atoms with E-state index in [1.54, 1.807) is 0 Å². The summed E-state index contributed by atoms with van der Waals surface area (Å²) in [5, 5.41) is 13.2. The second-order valence-corrected chi connectivity index (χ2v) is 4.96. The van der Waals surface area contributed by atoms with Crippen molar-refractivity contribution in [2.75, 3.05) is 0 Å². The Hall–Kier alpha value is -1.14. The fourth-order valence-electron chi connectivity index (χ4n) is 0.993. The van der Waals surface area contributed by atoms with Crippen molar-refractivity contribution in [2.45, 2.75) is 26.3 Å². The summed E-state index contributed by atoms with van der Waals surface area (Å²) in [7, 11) is 0. The van der Waals surface area contributed by atoms with E-state index in [9.17, 15) is 14.9 Å². The van der Waals surface area contributed by atoms with Crippen molar-refractivity contribution in [2.24, 2.45) is 0 Å². The molecule has 1 unspecified atom stereocenters. The Kier molecular flexibility index (Phi) is 4.26. The number of nitrogens with zero attached hydrogens (tertiary/aromatic N) is 1. The lowest BCUT2D eigenvalue weighted by atomic mass is 10.2. The third-order valence-electron chi connectivity index (χ3n) is 2.08. The van der Waals surface area contributed by atoms with Gasteiger partial charge in [0.15, 0.2) is 4.34 Å². The number of hydrogen-bond acceptors (Lipinski definition) is 4. The smallest absolute Gasteiger partial charge is 0.299 e. The highest BCUT2D eigenvalue weighted by molar-refractivity contribution is 7.18. The topological polar surface area (TPSA) is 72.2 Å². The maximum atomic E-state index is 11.6. The van der Waals surface area contributed by atoms with Gasteiger partial charge in [-0.25, -0.2) is 0 Å². The van der Waals surface area contributed by atoms with Gasteiger partial charge in [0.1, 0.15) is 4.88 Å². The molecule has 1 N–H and O–H groups in total. The predicted molar refractivity (Wildman–Crippen MR) is 63.2 cm³/mol. The third-order valence-corrected chi connectivity index (χ3v) is 3.42. The first-order chi connectivity index (χ1) is 7.45. The molecule has 1 aromatic rings. The molecule has 88 valence electrons. The van der Waals surface area contributed by atoms with Gasteiger partial charge in [-0.3, -0.25) is 14.9 Å². The highest BCUT2D eigenvalue weighted by Gasteiger charge is 2.21. The molecule has 1 amide bonds. The van der Waals surface area contributed by atoms with E-state index in [0.717, 1.165) is 17.8 Å². The molecule has 7 heteroatoms. The molecule has 0 spiro atoms. The minimum absolute atomic E-state index is 0.0271. The first kappa shape index (κ1) is 12.9. The van der Waals surface area contributed by atoms with Crippen LogP contribution in [-0.2, 0) is 0 Å². The van der Waals surface area contributed by atoms with Crippen LogP contribution >= 0.6 is 22.9 Å². The number of halogens is 1. The van der Waals surface area contributed by atoms with Crippen molar-refractivity contribution < 1.29 is 9.72 Å². The standard InChI is InChI=1S/C9H11ClN2O3S/c1-3-5(2)11-9(13)7-4-6(12(14)15)8(10)16-7/h4-5H,3H2,1-2H3,(H,11,13). The van der Waals surface area contributed by atoms with E-state index in [1.165, 1.54) is 6.07 Å². The number of nitrogens with one attached hydrogen (secondary N) is 1. The average molecular weight is 263 g/mol. The summed E-state index contributed by atoms with van der Waals surface area (Å²) in [4.78, 5) is 21.8. The van der Waals surface area contributed by atoms with E-state index in [1.807, 2.05) is 13.8 Å². The Morgan fingerprint density at radius 2 is 2.38 bits per heavy atom. The van der Waals surface area contributed by atoms with Crippen LogP contribution in [0.15, 0.2) is 6.07 Å². The zero-order valence-electron chi connectivity index (χ0n) is 8.82. The van der Waals surface area contributed by atoms with Gasteiger partial charge in [-0.05, 0) is 13.3 Å².